The third-order valence-electron chi connectivity index (χ3n) is 1.29. The molecule has 0 spiro atoms. The molecular weight excluding hydrogens is 209 g/mol. The fourth-order valence-corrected chi connectivity index (χ4v) is 1.30. The summed E-state index contributed by atoms with van der Waals surface area (Å²) in [6.07, 6.45) is 1.38. The lowest BCUT2D eigenvalue weighted by Gasteiger charge is -1.96. The number of halogens is 2. The highest BCUT2D eigenvalue weighted by Crippen LogP contribution is 2.24. The van der Waals surface area contributed by atoms with Gasteiger partial charge >= 0.3 is 0 Å². The summed E-state index contributed by atoms with van der Waals surface area (Å²) in [6, 6.07) is 5.08. The highest BCUT2D eigenvalue weighted by molar-refractivity contribution is 6.35. The summed E-state index contributed by atoms with van der Waals surface area (Å²) in [5.74, 6) is 0. The molecule has 0 fully saturated rings. The average molecular weight is 218 g/mol. The second-order valence-electron chi connectivity index (χ2n) is 2.32. The van der Waals surface area contributed by atoms with E-state index >= 15 is 0 Å². The molecule has 1 rings (SSSR count). The Balaban J connectivity index is 2.77. The first-order valence-corrected chi connectivity index (χ1v) is 4.58. The Bertz CT molecular complexity index is 292. The summed E-state index contributed by atoms with van der Waals surface area (Å²) in [7, 11) is 0. The highest BCUT2D eigenvalue weighted by Gasteiger charge is 1.95. The SMILES string of the molecule is CCO/C=N\c1cc(Cl)cc(Cl)c1. The van der Waals surface area contributed by atoms with Crippen LogP contribution in [-0.2, 0) is 4.74 Å². The van der Waals surface area contributed by atoms with Crippen LogP contribution in [0, 0.1) is 0 Å². The lowest BCUT2D eigenvalue weighted by Crippen LogP contribution is -1.83. The number of nitrogens with zero attached hydrogens (tertiary/aromatic N) is 1. The zero-order valence-electron chi connectivity index (χ0n) is 7.13. The third kappa shape index (κ3) is 3.66. The number of benzene rings is 1. The molecule has 1 aromatic rings. The molecule has 0 unspecified atom stereocenters. The van der Waals surface area contributed by atoms with Crippen LogP contribution in [0.1, 0.15) is 6.92 Å². The number of ether oxygens (including phenoxy) is 1. The van der Waals surface area contributed by atoms with E-state index in [1.807, 2.05) is 6.92 Å². The van der Waals surface area contributed by atoms with Gasteiger partial charge in [-0.1, -0.05) is 23.2 Å². The Morgan fingerprint density at radius 1 is 1.31 bits per heavy atom. The van der Waals surface area contributed by atoms with Gasteiger partial charge in [-0.3, -0.25) is 0 Å². The fraction of sp³-hybridized carbons (Fsp3) is 0.222. The predicted octanol–water partition coefficient (Wildman–Crippen LogP) is 3.69. The second-order valence-corrected chi connectivity index (χ2v) is 3.19. The van der Waals surface area contributed by atoms with E-state index in [1.165, 1.54) is 6.40 Å². The van der Waals surface area contributed by atoms with E-state index in [0.29, 0.717) is 22.3 Å². The van der Waals surface area contributed by atoms with E-state index in [4.69, 9.17) is 27.9 Å². The van der Waals surface area contributed by atoms with Crippen LogP contribution in [0.15, 0.2) is 23.2 Å². The van der Waals surface area contributed by atoms with Crippen LogP contribution in [-0.4, -0.2) is 13.0 Å². The number of aliphatic imine (C=N–C) groups is 1. The summed E-state index contributed by atoms with van der Waals surface area (Å²) in [5, 5.41) is 1.13. The average Bonchev–Trinajstić information content (AvgIpc) is 2.03. The van der Waals surface area contributed by atoms with E-state index < -0.39 is 0 Å². The first kappa shape index (κ1) is 10.4. The first-order chi connectivity index (χ1) is 6.22. The van der Waals surface area contributed by atoms with Crippen molar-refractivity contribution in [1.29, 1.82) is 0 Å². The maximum absolute atomic E-state index is 5.76. The van der Waals surface area contributed by atoms with Crippen molar-refractivity contribution in [2.45, 2.75) is 6.92 Å². The van der Waals surface area contributed by atoms with Gasteiger partial charge < -0.3 is 4.74 Å². The molecule has 0 aliphatic rings. The molecule has 13 heavy (non-hydrogen) atoms. The molecule has 0 heterocycles. The molecule has 0 radical (unpaired) electrons. The van der Waals surface area contributed by atoms with Crippen LogP contribution in [0.2, 0.25) is 10.0 Å². The van der Waals surface area contributed by atoms with Crippen LogP contribution < -0.4 is 0 Å². The molecule has 0 aromatic heterocycles. The smallest absolute Gasteiger partial charge is 0.174 e. The van der Waals surface area contributed by atoms with Crippen molar-refractivity contribution in [2.24, 2.45) is 4.99 Å². The Labute approximate surface area is 87.1 Å². The van der Waals surface area contributed by atoms with Crippen LogP contribution in [0.25, 0.3) is 0 Å². The van der Waals surface area contributed by atoms with Crippen molar-refractivity contribution in [3.63, 3.8) is 0 Å². The Hall–Kier alpha value is -0.730. The molecule has 0 amide bonds. The maximum atomic E-state index is 5.76. The minimum absolute atomic E-state index is 0.566. The zero-order chi connectivity index (χ0) is 9.68. The van der Waals surface area contributed by atoms with Crippen LogP contribution in [0.5, 0.6) is 0 Å². The van der Waals surface area contributed by atoms with Gasteiger partial charge in [0, 0.05) is 10.0 Å². The summed E-state index contributed by atoms with van der Waals surface area (Å²) < 4.78 is 4.94. The minimum atomic E-state index is 0.566. The number of rotatable bonds is 3. The number of hydrogen-bond acceptors (Lipinski definition) is 2. The molecule has 1 aromatic carbocycles. The summed E-state index contributed by atoms with van der Waals surface area (Å²) in [6.45, 7) is 2.48. The van der Waals surface area contributed by atoms with Gasteiger partial charge in [0.05, 0.1) is 12.3 Å². The highest BCUT2D eigenvalue weighted by atomic mass is 35.5. The molecule has 0 aliphatic carbocycles. The molecule has 4 heteroatoms. The van der Waals surface area contributed by atoms with Crippen molar-refractivity contribution in [3.8, 4) is 0 Å². The van der Waals surface area contributed by atoms with Gasteiger partial charge in [-0.25, -0.2) is 4.99 Å². The van der Waals surface area contributed by atoms with Crippen molar-refractivity contribution < 1.29 is 4.74 Å². The van der Waals surface area contributed by atoms with Crippen LogP contribution in [0.3, 0.4) is 0 Å². The van der Waals surface area contributed by atoms with Crippen molar-refractivity contribution >= 4 is 35.3 Å². The summed E-state index contributed by atoms with van der Waals surface area (Å²) in [4.78, 5) is 4.00. The van der Waals surface area contributed by atoms with E-state index in [-0.39, 0.29) is 0 Å². The maximum Gasteiger partial charge on any atom is 0.174 e. The lowest BCUT2D eigenvalue weighted by atomic mass is 10.3. The monoisotopic (exact) mass is 217 g/mol. The van der Waals surface area contributed by atoms with Gasteiger partial charge in [-0.2, -0.15) is 0 Å². The van der Waals surface area contributed by atoms with E-state index in [1.54, 1.807) is 18.2 Å². The number of hydrogen-bond donors (Lipinski definition) is 0. The van der Waals surface area contributed by atoms with Crippen molar-refractivity contribution in [3.05, 3.63) is 28.2 Å². The van der Waals surface area contributed by atoms with E-state index in [2.05, 4.69) is 4.99 Å². The Morgan fingerprint density at radius 3 is 2.46 bits per heavy atom. The van der Waals surface area contributed by atoms with E-state index in [9.17, 15) is 0 Å². The molecule has 0 bridgehead atoms. The summed E-state index contributed by atoms with van der Waals surface area (Å²) >= 11 is 11.5. The van der Waals surface area contributed by atoms with Gasteiger partial charge in [-0.15, -0.1) is 0 Å². The van der Waals surface area contributed by atoms with E-state index in [0.717, 1.165) is 0 Å². The van der Waals surface area contributed by atoms with Crippen molar-refractivity contribution in [2.75, 3.05) is 6.61 Å². The van der Waals surface area contributed by atoms with Gasteiger partial charge in [-0.05, 0) is 25.1 Å². The minimum Gasteiger partial charge on any atom is -0.483 e. The molecule has 70 valence electrons. The first-order valence-electron chi connectivity index (χ1n) is 3.82. The standard InChI is InChI=1S/C9H9Cl2NO/c1-2-13-6-12-9-4-7(10)3-8(11)5-9/h3-6H,2H2,1H3/b12-6-. The molecule has 0 N–H and O–H groups in total. The van der Waals surface area contributed by atoms with Gasteiger partial charge in [0.1, 0.15) is 0 Å². The van der Waals surface area contributed by atoms with Crippen LogP contribution >= 0.6 is 23.2 Å². The molecular formula is C9H9Cl2NO. The summed E-state index contributed by atoms with van der Waals surface area (Å²) in [5.41, 5.74) is 0.686. The molecule has 0 saturated carbocycles. The predicted molar refractivity (Wildman–Crippen MR) is 56.2 cm³/mol. The molecule has 0 atom stereocenters. The Kier molecular flexibility index (Phi) is 4.06. The zero-order valence-corrected chi connectivity index (χ0v) is 8.64. The molecule has 0 aliphatic heterocycles. The normalized spacial score (nSPS) is 10.7. The topological polar surface area (TPSA) is 21.6 Å². The molecule has 0 saturated heterocycles. The third-order valence-corrected chi connectivity index (χ3v) is 1.73. The van der Waals surface area contributed by atoms with Gasteiger partial charge in [0.15, 0.2) is 6.40 Å². The van der Waals surface area contributed by atoms with Gasteiger partial charge in [0.2, 0.25) is 0 Å². The van der Waals surface area contributed by atoms with Crippen LogP contribution in [0.4, 0.5) is 5.69 Å². The quantitative estimate of drug-likeness (QED) is 0.560. The lowest BCUT2D eigenvalue weighted by molar-refractivity contribution is 0.344. The fourth-order valence-electron chi connectivity index (χ4n) is 0.786. The Morgan fingerprint density at radius 2 is 1.92 bits per heavy atom. The van der Waals surface area contributed by atoms with Crippen molar-refractivity contribution in [1.82, 2.24) is 0 Å². The second kappa shape index (κ2) is 5.10. The largest absolute Gasteiger partial charge is 0.483 e. The van der Waals surface area contributed by atoms with Gasteiger partial charge in [0.25, 0.3) is 0 Å². The molecule has 2 nitrogen and oxygen atoms in total.